The van der Waals surface area contributed by atoms with E-state index in [0.717, 1.165) is 13.0 Å². The zero-order valence-corrected chi connectivity index (χ0v) is 7.40. The Hall–Kier alpha value is -0.860. The Morgan fingerprint density at radius 3 is 2.62 bits per heavy atom. The molecule has 2 N–H and O–H groups in total. The first-order valence-corrected chi connectivity index (χ1v) is 4.81. The zero-order chi connectivity index (χ0) is 8.89. The number of hydrogen-bond donors (Lipinski definition) is 2. The summed E-state index contributed by atoms with van der Waals surface area (Å²) in [7, 11) is 0. The molecule has 1 saturated carbocycles. The Morgan fingerprint density at radius 2 is 2.08 bits per heavy atom. The molecule has 2 heteroatoms. The van der Waals surface area contributed by atoms with E-state index in [0.29, 0.717) is 5.92 Å². The molecule has 0 spiro atoms. The maximum absolute atomic E-state index is 10.1. The van der Waals surface area contributed by atoms with Gasteiger partial charge in [0.15, 0.2) is 0 Å². The largest absolute Gasteiger partial charge is 0.388 e. The van der Waals surface area contributed by atoms with Gasteiger partial charge < -0.3 is 10.4 Å². The molecule has 3 atom stereocenters. The van der Waals surface area contributed by atoms with Gasteiger partial charge in [-0.25, -0.2) is 0 Å². The van der Waals surface area contributed by atoms with E-state index in [1.54, 1.807) is 0 Å². The van der Waals surface area contributed by atoms with Crippen LogP contribution in [0.1, 0.15) is 18.0 Å². The maximum atomic E-state index is 10.1. The molecule has 0 radical (unpaired) electrons. The molecular formula is C11H13NO. The third-order valence-corrected chi connectivity index (χ3v) is 3.32. The highest BCUT2D eigenvalue weighted by Crippen LogP contribution is 2.55. The summed E-state index contributed by atoms with van der Waals surface area (Å²) in [6, 6.07) is 10.4. The van der Waals surface area contributed by atoms with Gasteiger partial charge in [-0.05, 0) is 12.0 Å². The number of nitrogens with one attached hydrogen (secondary N) is 1. The molecular weight excluding hydrogens is 162 g/mol. The Morgan fingerprint density at radius 1 is 1.31 bits per heavy atom. The van der Waals surface area contributed by atoms with E-state index in [1.165, 1.54) is 5.56 Å². The van der Waals surface area contributed by atoms with Crippen molar-refractivity contribution in [1.82, 2.24) is 5.32 Å². The van der Waals surface area contributed by atoms with Gasteiger partial charge in [-0.2, -0.15) is 0 Å². The summed E-state index contributed by atoms with van der Waals surface area (Å²) < 4.78 is 0. The first-order valence-electron chi connectivity index (χ1n) is 4.81. The Balaban J connectivity index is 1.94. The SMILES string of the molecule is O[C@]12CC1CN[C@@H]2c1ccccc1. The van der Waals surface area contributed by atoms with Gasteiger partial charge in [0.1, 0.15) is 0 Å². The first-order chi connectivity index (χ1) is 6.31. The topological polar surface area (TPSA) is 32.3 Å². The second kappa shape index (κ2) is 2.34. The van der Waals surface area contributed by atoms with E-state index in [9.17, 15) is 5.11 Å². The van der Waals surface area contributed by atoms with Crippen molar-refractivity contribution in [2.24, 2.45) is 5.92 Å². The van der Waals surface area contributed by atoms with E-state index in [1.807, 2.05) is 18.2 Å². The number of aliphatic hydroxyl groups is 1. The van der Waals surface area contributed by atoms with Crippen molar-refractivity contribution < 1.29 is 5.11 Å². The highest BCUT2D eigenvalue weighted by Gasteiger charge is 2.62. The van der Waals surface area contributed by atoms with Crippen molar-refractivity contribution >= 4 is 0 Å². The van der Waals surface area contributed by atoms with Crippen LogP contribution >= 0.6 is 0 Å². The van der Waals surface area contributed by atoms with E-state index in [2.05, 4.69) is 17.4 Å². The minimum absolute atomic E-state index is 0.165. The fourth-order valence-electron chi connectivity index (χ4n) is 2.43. The second-order valence-corrected chi connectivity index (χ2v) is 4.14. The molecule has 1 unspecified atom stereocenters. The molecule has 13 heavy (non-hydrogen) atoms. The fraction of sp³-hybridized carbons (Fsp3) is 0.455. The second-order valence-electron chi connectivity index (χ2n) is 4.14. The summed E-state index contributed by atoms with van der Waals surface area (Å²) in [5.74, 6) is 0.498. The Labute approximate surface area is 77.6 Å². The Bertz CT molecular complexity index is 322. The smallest absolute Gasteiger partial charge is 0.0886 e. The molecule has 1 saturated heterocycles. The standard InChI is InChI=1S/C11H13NO/c13-11-6-9(11)7-12-10(11)8-4-2-1-3-5-8/h1-5,9-10,12-13H,6-7H2/t9?,10-,11-/m1/s1. The van der Waals surface area contributed by atoms with Crippen LogP contribution in [0.2, 0.25) is 0 Å². The third-order valence-electron chi connectivity index (χ3n) is 3.32. The van der Waals surface area contributed by atoms with Crippen LogP contribution in [-0.4, -0.2) is 17.3 Å². The van der Waals surface area contributed by atoms with Crippen LogP contribution < -0.4 is 5.32 Å². The van der Waals surface area contributed by atoms with Crippen LogP contribution in [0.15, 0.2) is 30.3 Å². The molecule has 2 fully saturated rings. The molecule has 2 aliphatic rings. The molecule has 0 aromatic heterocycles. The fourth-order valence-corrected chi connectivity index (χ4v) is 2.43. The van der Waals surface area contributed by atoms with E-state index < -0.39 is 5.60 Å². The lowest BCUT2D eigenvalue weighted by Gasteiger charge is -2.18. The van der Waals surface area contributed by atoms with E-state index in [4.69, 9.17) is 0 Å². The number of hydrogen-bond acceptors (Lipinski definition) is 2. The summed E-state index contributed by atoms with van der Waals surface area (Å²) in [5, 5.41) is 13.5. The van der Waals surface area contributed by atoms with Crippen LogP contribution in [0.4, 0.5) is 0 Å². The van der Waals surface area contributed by atoms with Crippen LogP contribution in [0, 0.1) is 5.92 Å². The van der Waals surface area contributed by atoms with Gasteiger partial charge >= 0.3 is 0 Å². The van der Waals surface area contributed by atoms with Gasteiger partial charge in [0.25, 0.3) is 0 Å². The van der Waals surface area contributed by atoms with Crippen LogP contribution in [0.3, 0.4) is 0 Å². The average Bonchev–Trinajstić information content (AvgIpc) is 2.71. The maximum Gasteiger partial charge on any atom is 0.0886 e. The zero-order valence-electron chi connectivity index (χ0n) is 7.40. The van der Waals surface area contributed by atoms with Crippen LogP contribution in [0.25, 0.3) is 0 Å². The minimum atomic E-state index is -0.429. The number of benzene rings is 1. The monoisotopic (exact) mass is 175 g/mol. The molecule has 0 bridgehead atoms. The normalized spacial score (nSPS) is 41.6. The van der Waals surface area contributed by atoms with Crippen LogP contribution in [-0.2, 0) is 0 Å². The van der Waals surface area contributed by atoms with Gasteiger partial charge in [0.2, 0.25) is 0 Å². The van der Waals surface area contributed by atoms with Gasteiger partial charge in [-0.3, -0.25) is 0 Å². The molecule has 1 aliphatic heterocycles. The van der Waals surface area contributed by atoms with Crippen molar-refractivity contribution in [3.63, 3.8) is 0 Å². The summed E-state index contributed by atoms with van der Waals surface area (Å²) in [6.45, 7) is 0.968. The molecule has 2 nitrogen and oxygen atoms in total. The highest BCUT2D eigenvalue weighted by molar-refractivity contribution is 5.30. The number of fused-ring (bicyclic) bond motifs is 1. The van der Waals surface area contributed by atoms with E-state index in [-0.39, 0.29) is 6.04 Å². The van der Waals surface area contributed by atoms with Crippen molar-refractivity contribution in [3.05, 3.63) is 35.9 Å². The lowest BCUT2D eigenvalue weighted by atomic mass is 10.0. The quantitative estimate of drug-likeness (QED) is 0.669. The van der Waals surface area contributed by atoms with Crippen molar-refractivity contribution in [2.45, 2.75) is 18.1 Å². The number of rotatable bonds is 1. The van der Waals surface area contributed by atoms with Gasteiger partial charge in [0.05, 0.1) is 11.6 Å². The van der Waals surface area contributed by atoms with Gasteiger partial charge in [-0.1, -0.05) is 30.3 Å². The minimum Gasteiger partial charge on any atom is -0.388 e. The molecule has 1 aliphatic carbocycles. The Kier molecular flexibility index (Phi) is 1.35. The molecule has 1 aromatic rings. The van der Waals surface area contributed by atoms with Gasteiger partial charge in [-0.15, -0.1) is 0 Å². The lowest BCUT2D eigenvalue weighted by Crippen LogP contribution is -2.26. The molecule has 3 rings (SSSR count). The summed E-state index contributed by atoms with van der Waals surface area (Å²) in [4.78, 5) is 0. The summed E-state index contributed by atoms with van der Waals surface area (Å²) in [5.41, 5.74) is 0.784. The lowest BCUT2D eigenvalue weighted by molar-refractivity contribution is 0.116. The van der Waals surface area contributed by atoms with Crippen molar-refractivity contribution in [1.29, 1.82) is 0 Å². The van der Waals surface area contributed by atoms with E-state index >= 15 is 0 Å². The average molecular weight is 175 g/mol. The highest BCUT2D eigenvalue weighted by atomic mass is 16.3. The van der Waals surface area contributed by atoms with Crippen molar-refractivity contribution in [3.8, 4) is 0 Å². The molecule has 0 amide bonds. The predicted octanol–water partition coefficient (Wildman–Crippen LogP) is 1.08. The molecule has 1 heterocycles. The van der Waals surface area contributed by atoms with Crippen molar-refractivity contribution in [2.75, 3.05) is 6.54 Å². The summed E-state index contributed by atoms with van der Waals surface area (Å²) >= 11 is 0. The van der Waals surface area contributed by atoms with Crippen LogP contribution in [0.5, 0.6) is 0 Å². The third kappa shape index (κ3) is 0.960. The first kappa shape index (κ1) is 7.54. The molecule has 1 aromatic carbocycles. The van der Waals surface area contributed by atoms with Gasteiger partial charge in [0, 0.05) is 12.5 Å². The summed E-state index contributed by atoms with van der Waals surface area (Å²) in [6.07, 6.45) is 0.972. The predicted molar refractivity (Wildman–Crippen MR) is 50.2 cm³/mol. The molecule has 68 valence electrons. The number of piperidine rings is 1.